The molecule has 0 aliphatic rings. The molecule has 2 aromatic carbocycles. The maximum absolute atomic E-state index is 12.4. The average Bonchev–Trinajstić information content (AvgIpc) is 3.02. The monoisotopic (exact) mass is 716 g/mol. The third kappa shape index (κ3) is 14.6. The average molecular weight is 717 g/mol. The Balaban J connectivity index is 2.15. The number of carbonyl (C=O) groups is 1. The van der Waals surface area contributed by atoms with Crippen LogP contribution in [-0.2, 0) is 29.7 Å². The number of ether oxygens (including phenoxy) is 4. The molecule has 278 valence electrons. The van der Waals surface area contributed by atoms with Crippen molar-refractivity contribution in [2.24, 2.45) is 5.92 Å². The zero-order chi connectivity index (χ0) is 36.9. The second-order valence-electron chi connectivity index (χ2n) is 16.6. The molecule has 2 rings (SSSR count). The van der Waals surface area contributed by atoms with Gasteiger partial charge in [-0.1, -0.05) is 78.8 Å². The second-order valence-corrected chi connectivity index (χ2v) is 26.1. The van der Waals surface area contributed by atoms with E-state index in [0.29, 0.717) is 31.8 Å². The van der Waals surface area contributed by atoms with E-state index in [9.17, 15) is 4.79 Å². The summed E-state index contributed by atoms with van der Waals surface area (Å²) in [4.78, 5) is 12.4. The Kier molecular flexibility index (Phi) is 17.2. The quantitative estimate of drug-likeness (QED) is 0.0940. The fourth-order valence-electron chi connectivity index (χ4n) is 5.11. The van der Waals surface area contributed by atoms with Crippen LogP contribution in [0.15, 0.2) is 54.6 Å². The van der Waals surface area contributed by atoms with Crippen LogP contribution in [0.1, 0.15) is 96.5 Å². The summed E-state index contributed by atoms with van der Waals surface area (Å²) in [6, 6.07) is 17.2. The SMILES string of the molecule is COc1ccc(COC[C@@H](C)[C@H](C[C@@H](CCC[C@@H](CCOC(=O)c2ccccc2)OC)O[Si](C)(C)C(C)(C)C)O[Si](C)(C)C(C)(C)C)cc1. The van der Waals surface area contributed by atoms with Crippen LogP contribution < -0.4 is 4.74 Å². The summed E-state index contributed by atoms with van der Waals surface area (Å²) in [5.41, 5.74) is 1.69. The molecular formula is C40H68O7Si2. The fourth-order valence-corrected chi connectivity index (χ4v) is 7.95. The molecule has 0 aromatic heterocycles. The van der Waals surface area contributed by atoms with Crippen molar-refractivity contribution in [2.45, 2.75) is 142 Å². The third-order valence-corrected chi connectivity index (χ3v) is 19.6. The molecule has 7 nitrogen and oxygen atoms in total. The molecule has 0 fully saturated rings. The summed E-state index contributed by atoms with van der Waals surface area (Å²) in [6.45, 7) is 26.9. The van der Waals surface area contributed by atoms with Crippen molar-refractivity contribution in [1.82, 2.24) is 0 Å². The first-order chi connectivity index (χ1) is 22.8. The normalized spacial score (nSPS) is 15.4. The number of methoxy groups -OCH3 is 2. The predicted molar refractivity (Wildman–Crippen MR) is 207 cm³/mol. The van der Waals surface area contributed by atoms with Gasteiger partial charge in [-0.15, -0.1) is 0 Å². The van der Waals surface area contributed by atoms with Crippen molar-refractivity contribution in [2.75, 3.05) is 27.4 Å². The lowest BCUT2D eigenvalue weighted by Crippen LogP contribution is -2.49. The van der Waals surface area contributed by atoms with E-state index in [0.717, 1.165) is 37.0 Å². The molecule has 0 aliphatic heterocycles. The third-order valence-electron chi connectivity index (χ3n) is 10.5. The lowest BCUT2D eigenvalue weighted by atomic mass is 9.96. The standard InChI is InChI=1S/C40H68O7Si2/c1-31(29-44-30-32-22-24-35(43-9)25-23-32)37(47-49(12,13)40(5,6)7)28-36(46-48(10,11)39(2,3)4)21-17-20-34(42-8)26-27-45-38(41)33-18-15-14-16-19-33/h14-16,18-19,22-25,31,34,36-37H,17,20-21,26-30H2,1-13H3/t31-,34+,36-,37+/m1/s1. The van der Waals surface area contributed by atoms with Gasteiger partial charge in [-0.2, -0.15) is 0 Å². The maximum Gasteiger partial charge on any atom is 0.338 e. The highest BCUT2D eigenvalue weighted by atomic mass is 28.4. The topological polar surface area (TPSA) is 72.5 Å². The van der Waals surface area contributed by atoms with Gasteiger partial charge in [-0.05, 0) is 91.8 Å². The van der Waals surface area contributed by atoms with Crippen molar-refractivity contribution in [1.29, 1.82) is 0 Å². The molecular weight excluding hydrogens is 649 g/mol. The molecule has 0 aliphatic carbocycles. The second kappa shape index (κ2) is 19.6. The van der Waals surface area contributed by atoms with Gasteiger partial charge in [0.05, 0.1) is 44.7 Å². The number of hydrogen-bond donors (Lipinski definition) is 0. The summed E-state index contributed by atoms with van der Waals surface area (Å²) >= 11 is 0. The molecule has 0 heterocycles. The molecule has 9 heteroatoms. The smallest absolute Gasteiger partial charge is 0.338 e. The lowest BCUT2D eigenvalue weighted by Gasteiger charge is -2.44. The molecule has 0 spiro atoms. The molecule has 0 saturated heterocycles. The highest BCUT2D eigenvalue weighted by Crippen LogP contribution is 2.41. The Bertz CT molecular complexity index is 1220. The number of esters is 1. The summed E-state index contributed by atoms with van der Waals surface area (Å²) in [6.07, 6.45) is 4.25. The van der Waals surface area contributed by atoms with Crippen molar-refractivity contribution in [3.05, 3.63) is 65.7 Å². The first-order valence-electron chi connectivity index (χ1n) is 18.1. The Labute approximate surface area is 301 Å². The van der Waals surface area contributed by atoms with Gasteiger partial charge in [0.25, 0.3) is 0 Å². The van der Waals surface area contributed by atoms with Crippen LogP contribution >= 0.6 is 0 Å². The molecule has 0 amide bonds. The van der Waals surface area contributed by atoms with Crippen LogP contribution in [-0.4, -0.2) is 68.3 Å². The highest BCUT2D eigenvalue weighted by Gasteiger charge is 2.43. The zero-order valence-electron chi connectivity index (χ0n) is 33.0. The van der Waals surface area contributed by atoms with E-state index in [1.807, 2.05) is 30.3 Å². The van der Waals surface area contributed by atoms with Crippen LogP contribution in [0, 0.1) is 5.92 Å². The zero-order valence-corrected chi connectivity index (χ0v) is 35.0. The van der Waals surface area contributed by atoms with E-state index in [4.69, 9.17) is 27.8 Å². The van der Waals surface area contributed by atoms with E-state index in [-0.39, 0.29) is 40.3 Å². The van der Waals surface area contributed by atoms with Crippen LogP contribution in [0.25, 0.3) is 0 Å². The van der Waals surface area contributed by atoms with Crippen LogP contribution in [0.3, 0.4) is 0 Å². The van der Waals surface area contributed by atoms with Gasteiger partial charge < -0.3 is 27.8 Å². The van der Waals surface area contributed by atoms with E-state index < -0.39 is 16.6 Å². The van der Waals surface area contributed by atoms with E-state index >= 15 is 0 Å². The largest absolute Gasteiger partial charge is 0.497 e. The Morgan fingerprint density at radius 3 is 1.88 bits per heavy atom. The molecule has 2 aromatic rings. The van der Waals surface area contributed by atoms with Gasteiger partial charge >= 0.3 is 5.97 Å². The number of carbonyl (C=O) groups excluding carboxylic acids is 1. The molecule has 0 bridgehead atoms. The van der Waals surface area contributed by atoms with Crippen LogP contribution in [0.4, 0.5) is 0 Å². The van der Waals surface area contributed by atoms with Gasteiger partial charge in [-0.3, -0.25) is 0 Å². The van der Waals surface area contributed by atoms with Crippen molar-refractivity contribution >= 4 is 22.6 Å². The van der Waals surface area contributed by atoms with E-state index in [1.54, 1.807) is 26.4 Å². The minimum atomic E-state index is -2.09. The minimum absolute atomic E-state index is 0.00153. The summed E-state index contributed by atoms with van der Waals surface area (Å²) in [5, 5.41) is 0.173. The summed E-state index contributed by atoms with van der Waals surface area (Å²) in [7, 11) is -0.733. The van der Waals surface area contributed by atoms with Gasteiger partial charge in [0.15, 0.2) is 16.6 Å². The van der Waals surface area contributed by atoms with Gasteiger partial charge in [0.1, 0.15) is 5.75 Å². The van der Waals surface area contributed by atoms with Gasteiger partial charge in [0, 0.05) is 25.6 Å². The highest BCUT2D eigenvalue weighted by molar-refractivity contribution is 6.74. The van der Waals surface area contributed by atoms with Gasteiger partial charge in [-0.25, -0.2) is 4.79 Å². The minimum Gasteiger partial charge on any atom is -0.497 e. The molecule has 0 radical (unpaired) electrons. The Morgan fingerprint density at radius 1 is 0.755 bits per heavy atom. The van der Waals surface area contributed by atoms with Crippen LogP contribution in [0.5, 0.6) is 5.75 Å². The summed E-state index contributed by atoms with van der Waals surface area (Å²) in [5.74, 6) is 0.730. The number of rotatable bonds is 21. The van der Waals surface area contributed by atoms with E-state index in [2.05, 4.69) is 86.8 Å². The maximum atomic E-state index is 12.4. The fraction of sp³-hybridized carbons (Fsp3) is 0.675. The first-order valence-corrected chi connectivity index (χ1v) is 23.9. The van der Waals surface area contributed by atoms with E-state index in [1.165, 1.54) is 0 Å². The Hall–Kier alpha value is -2.02. The molecule has 0 saturated carbocycles. The molecule has 0 unspecified atom stereocenters. The van der Waals surface area contributed by atoms with Crippen molar-refractivity contribution < 1.29 is 32.6 Å². The van der Waals surface area contributed by atoms with Gasteiger partial charge in [0.2, 0.25) is 0 Å². The number of benzene rings is 2. The lowest BCUT2D eigenvalue weighted by molar-refractivity contribution is 0.00773. The van der Waals surface area contributed by atoms with Crippen molar-refractivity contribution in [3.8, 4) is 5.75 Å². The Morgan fingerprint density at radius 2 is 1.33 bits per heavy atom. The molecule has 0 N–H and O–H groups in total. The first kappa shape index (κ1) is 43.1. The van der Waals surface area contributed by atoms with Crippen molar-refractivity contribution in [3.63, 3.8) is 0 Å². The number of hydrogen-bond acceptors (Lipinski definition) is 7. The predicted octanol–water partition coefficient (Wildman–Crippen LogP) is 10.5. The molecule has 4 atom stereocenters. The van der Waals surface area contributed by atoms with Crippen LogP contribution in [0.2, 0.25) is 36.3 Å². The summed E-state index contributed by atoms with van der Waals surface area (Å²) < 4.78 is 37.3. The molecule has 49 heavy (non-hydrogen) atoms.